The van der Waals surface area contributed by atoms with Gasteiger partial charge in [-0.3, -0.25) is 13.9 Å². The van der Waals surface area contributed by atoms with Gasteiger partial charge in [-0.2, -0.15) is 0 Å². The number of aromatic nitrogens is 1. The van der Waals surface area contributed by atoms with E-state index in [0.29, 0.717) is 12.6 Å². The van der Waals surface area contributed by atoms with Gasteiger partial charge in [0.1, 0.15) is 0 Å². The number of rotatable bonds is 6. The van der Waals surface area contributed by atoms with Crippen LogP contribution in [-0.4, -0.2) is 50.6 Å². The maximum atomic E-state index is 12.6. The topological polar surface area (TPSA) is 42.3 Å². The first-order chi connectivity index (χ1) is 10.4. The Bertz CT molecular complexity index is 582. The summed E-state index contributed by atoms with van der Waals surface area (Å²) in [6, 6.07) is 2.35. The van der Waals surface area contributed by atoms with Crippen molar-refractivity contribution in [3.63, 3.8) is 0 Å². The molecule has 22 heavy (non-hydrogen) atoms. The number of aryl methyl sites for hydroxylation is 1. The summed E-state index contributed by atoms with van der Waals surface area (Å²) in [4.78, 5) is 14.7. The number of Topliss-reactive ketones (excluding diaryl/α,β-unsaturated/α-hetero) is 1. The quantitative estimate of drug-likeness (QED) is 0.596. The fourth-order valence-electron chi connectivity index (χ4n) is 3.16. The van der Waals surface area contributed by atoms with Crippen molar-refractivity contribution in [3.8, 4) is 0 Å². The van der Waals surface area contributed by atoms with Crippen molar-refractivity contribution >= 4 is 16.6 Å². The predicted molar refractivity (Wildman–Crippen MR) is 92.0 cm³/mol. The van der Waals surface area contributed by atoms with Gasteiger partial charge in [-0.25, -0.2) is 0 Å². The van der Waals surface area contributed by atoms with E-state index in [4.69, 9.17) is 0 Å². The minimum absolute atomic E-state index is 0.164. The van der Waals surface area contributed by atoms with Gasteiger partial charge in [0.2, 0.25) is 0 Å². The lowest BCUT2D eigenvalue weighted by Crippen LogP contribution is -2.40. The summed E-state index contributed by atoms with van der Waals surface area (Å²) in [6.45, 7) is 8.94. The molecule has 0 aromatic carbocycles. The molecular formula is C17H26N2O2S. The molecule has 0 radical (unpaired) electrons. The Morgan fingerprint density at radius 2 is 2.09 bits per heavy atom. The Morgan fingerprint density at radius 1 is 1.45 bits per heavy atom. The van der Waals surface area contributed by atoms with Crippen LogP contribution in [-0.2, 0) is 17.3 Å². The lowest BCUT2D eigenvalue weighted by molar-refractivity contribution is 0.0914. The molecule has 0 bridgehead atoms. The number of allylic oxidation sites excluding steroid dienone is 1. The van der Waals surface area contributed by atoms with Gasteiger partial charge in [0.25, 0.3) is 0 Å². The van der Waals surface area contributed by atoms with E-state index in [1.165, 1.54) is 0 Å². The van der Waals surface area contributed by atoms with Crippen LogP contribution in [0.2, 0.25) is 0 Å². The second kappa shape index (κ2) is 7.38. The Hall–Kier alpha value is -1.20. The van der Waals surface area contributed by atoms with E-state index >= 15 is 0 Å². The van der Waals surface area contributed by atoms with Crippen LogP contribution in [0.5, 0.6) is 0 Å². The number of carbonyl (C=O) groups is 1. The zero-order valence-electron chi connectivity index (χ0n) is 13.8. The van der Waals surface area contributed by atoms with E-state index < -0.39 is 10.8 Å². The molecule has 122 valence electrons. The van der Waals surface area contributed by atoms with Gasteiger partial charge >= 0.3 is 0 Å². The van der Waals surface area contributed by atoms with E-state index in [-0.39, 0.29) is 5.78 Å². The van der Waals surface area contributed by atoms with Crippen molar-refractivity contribution in [2.24, 2.45) is 0 Å². The Balaban J connectivity index is 2.04. The predicted octanol–water partition coefficient (Wildman–Crippen LogP) is 2.32. The molecule has 1 saturated heterocycles. The van der Waals surface area contributed by atoms with Crippen LogP contribution in [0.4, 0.5) is 0 Å². The Kier molecular flexibility index (Phi) is 5.75. The molecule has 0 saturated carbocycles. The number of ketones is 1. The highest BCUT2D eigenvalue weighted by molar-refractivity contribution is 7.85. The first-order valence-corrected chi connectivity index (χ1v) is 9.29. The van der Waals surface area contributed by atoms with Crippen LogP contribution in [0.25, 0.3) is 0 Å². The molecule has 0 aliphatic carbocycles. The first kappa shape index (κ1) is 17.2. The molecule has 2 rings (SSSR count). The normalized spacial score (nSPS) is 22.0. The minimum Gasteiger partial charge on any atom is -0.345 e. The molecule has 2 heterocycles. The molecule has 1 aliphatic rings. The zero-order chi connectivity index (χ0) is 16.3. The maximum absolute atomic E-state index is 12.6. The van der Waals surface area contributed by atoms with Crippen molar-refractivity contribution in [3.05, 3.63) is 35.7 Å². The molecule has 1 fully saturated rings. The smallest absolute Gasteiger partial charge is 0.178 e. The zero-order valence-corrected chi connectivity index (χ0v) is 14.6. The van der Waals surface area contributed by atoms with Gasteiger partial charge in [-0.05, 0) is 39.8 Å². The summed E-state index contributed by atoms with van der Waals surface area (Å²) in [5.74, 6) is 1.69. The standard InChI is InChI=1S/C17H26N2O2S/c1-5-8-19-13(2)11-16(14(19)3)17(20)12-18(4)15-6-9-22(21)10-7-15/h5,11,15H,1,6-10,12H2,2-4H3. The van der Waals surface area contributed by atoms with Gasteiger partial charge in [-0.1, -0.05) is 6.08 Å². The fourth-order valence-corrected chi connectivity index (χ4v) is 4.43. The van der Waals surface area contributed by atoms with Crippen LogP contribution in [0.15, 0.2) is 18.7 Å². The molecule has 0 atom stereocenters. The van der Waals surface area contributed by atoms with Crippen molar-refractivity contribution in [1.82, 2.24) is 9.47 Å². The third-order valence-corrected chi connectivity index (χ3v) is 5.94. The lowest BCUT2D eigenvalue weighted by Gasteiger charge is -2.30. The second-order valence-electron chi connectivity index (χ2n) is 6.10. The van der Waals surface area contributed by atoms with E-state index in [0.717, 1.165) is 47.8 Å². The maximum Gasteiger partial charge on any atom is 0.178 e. The summed E-state index contributed by atoms with van der Waals surface area (Å²) in [7, 11) is 1.34. The number of nitrogens with zero attached hydrogens (tertiary/aromatic N) is 2. The highest BCUT2D eigenvalue weighted by atomic mass is 32.2. The number of hydrogen-bond acceptors (Lipinski definition) is 3. The third-order valence-electron chi connectivity index (χ3n) is 4.56. The molecule has 5 heteroatoms. The summed E-state index contributed by atoms with van der Waals surface area (Å²) in [5.41, 5.74) is 2.92. The molecule has 4 nitrogen and oxygen atoms in total. The molecular weight excluding hydrogens is 296 g/mol. The summed E-state index contributed by atoms with van der Waals surface area (Å²) < 4.78 is 13.6. The van der Waals surface area contributed by atoms with Crippen LogP contribution in [0, 0.1) is 13.8 Å². The van der Waals surface area contributed by atoms with Crippen molar-refractivity contribution < 1.29 is 9.00 Å². The molecule has 0 N–H and O–H groups in total. The average molecular weight is 322 g/mol. The van der Waals surface area contributed by atoms with Gasteiger partial charge in [0.05, 0.1) is 6.54 Å². The Labute approximate surface area is 135 Å². The van der Waals surface area contributed by atoms with Crippen LogP contribution in [0.3, 0.4) is 0 Å². The molecule has 0 amide bonds. The monoisotopic (exact) mass is 322 g/mol. The SMILES string of the molecule is C=CCn1c(C)cc(C(=O)CN(C)C2CCS(=O)CC2)c1C. The Morgan fingerprint density at radius 3 is 2.68 bits per heavy atom. The highest BCUT2D eigenvalue weighted by Crippen LogP contribution is 2.19. The van der Waals surface area contributed by atoms with Gasteiger partial charge in [0, 0.05) is 51.8 Å². The van der Waals surface area contributed by atoms with Crippen LogP contribution >= 0.6 is 0 Å². The summed E-state index contributed by atoms with van der Waals surface area (Å²) in [5, 5.41) is 0. The van der Waals surface area contributed by atoms with E-state index in [2.05, 4.69) is 16.0 Å². The molecule has 1 aromatic rings. The fraction of sp³-hybridized carbons (Fsp3) is 0.588. The first-order valence-electron chi connectivity index (χ1n) is 7.80. The van der Waals surface area contributed by atoms with Gasteiger partial charge in [-0.15, -0.1) is 6.58 Å². The van der Waals surface area contributed by atoms with Crippen LogP contribution in [0.1, 0.15) is 34.6 Å². The lowest BCUT2D eigenvalue weighted by atomic mass is 10.1. The molecule has 0 spiro atoms. The second-order valence-corrected chi connectivity index (χ2v) is 7.80. The van der Waals surface area contributed by atoms with Gasteiger partial charge in [0.15, 0.2) is 5.78 Å². The van der Waals surface area contributed by atoms with E-state index in [1.54, 1.807) is 0 Å². The minimum atomic E-state index is -0.656. The van der Waals surface area contributed by atoms with E-state index in [9.17, 15) is 9.00 Å². The summed E-state index contributed by atoms with van der Waals surface area (Å²) in [6.07, 6.45) is 3.69. The van der Waals surface area contributed by atoms with Crippen molar-refractivity contribution in [1.29, 1.82) is 0 Å². The van der Waals surface area contributed by atoms with Gasteiger partial charge < -0.3 is 4.57 Å². The number of carbonyl (C=O) groups excluding carboxylic acids is 1. The summed E-state index contributed by atoms with van der Waals surface area (Å²) >= 11 is 0. The van der Waals surface area contributed by atoms with Crippen LogP contribution < -0.4 is 0 Å². The average Bonchev–Trinajstić information content (AvgIpc) is 2.76. The molecule has 1 aliphatic heterocycles. The molecule has 1 aromatic heterocycles. The molecule has 0 unspecified atom stereocenters. The largest absolute Gasteiger partial charge is 0.345 e. The van der Waals surface area contributed by atoms with Crippen molar-refractivity contribution in [2.75, 3.05) is 25.1 Å². The third kappa shape index (κ3) is 3.76. The van der Waals surface area contributed by atoms with Crippen molar-refractivity contribution in [2.45, 2.75) is 39.3 Å². The van der Waals surface area contributed by atoms with E-state index in [1.807, 2.05) is 33.0 Å². The highest BCUT2D eigenvalue weighted by Gasteiger charge is 2.24. The number of hydrogen-bond donors (Lipinski definition) is 0. The number of likely N-dealkylation sites (N-methyl/N-ethyl adjacent to an activating group) is 1.